The van der Waals surface area contributed by atoms with Gasteiger partial charge in [-0.2, -0.15) is 5.26 Å². The average Bonchev–Trinajstić information content (AvgIpc) is 2.30. The Kier molecular flexibility index (Phi) is 3.52. The number of anilines is 1. The molecule has 16 heavy (non-hydrogen) atoms. The molecule has 2 rings (SSSR count). The number of pyridine rings is 1. The van der Waals surface area contributed by atoms with Crippen molar-refractivity contribution in [1.29, 1.82) is 5.26 Å². The third-order valence-electron chi connectivity index (χ3n) is 2.82. The largest absolute Gasteiger partial charge is 0.369 e. The van der Waals surface area contributed by atoms with Crippen LogP contribution >= 0.6 is 23.2 Å². The molecule has 0 aromatic carbocycles. The summed E-state index contributed by atoms with van der Waals surface area (Å²) in [6.07, 6.45) is 4.93. The number of nitriles is 1. The molecule has 1 aromatic rings. The van der Waals surface area contributed by atoms with Crippen molar-refractivity contribution >= 4 is 28.9 Å². The van der Waals surface area contributed by atoms with E-state index in [1.165, 1.54) is 0 Å². The molecule has 0 radical (unpaired) electrons. The molecule has 1 saturated heterocycles. The second-order valence-corrected chi connectivity index (χ2v) is 4.66. The SMILES string of the molecule is N#CC1CCN(c2c(Cl)cncc2Cl)CC1. The summed E-state index contributed by atoms with van der Waals surface area (Å²) in [6.45, 7) is 1.64. The molecule has 0 spiro atoms. The lowest BCUT2D eigenvalue weighted by molar-refractivity contribution is 0.488. The van der Waals surface area contributed by atoms with E-state index in [-0.39, 0.29) is 5.92 Å². The molecule has 0 N–H and O–H groups in total. The van der Waals surface area contributed by atoms with Gasteiger partial charge in [0.25, 0.3) is 0 Å². The lowest BCUT2D eigenvalue weighted by Crippen LogP contribution is -2.33. The molecule has 0 aliphatic carbocycles. The normalized spacial score (nSPS) is 17.2. The number of aromatic nitrogens is 1. The zero-order valence-electron chi connectivity index (χ0n) is 8.66. The molecule has 0 amide bonds. The molecule has 0 bridgehead atoms. The van der Waals surface area contributed by atoms with Crippen LogP contribution in [0.4, 0.5) is 5.69 Å². The summed E-state index contributed by atoms with van der Waals surface area (Å²) in [7, 11) is 0. The van der Waals surface area contributed by atoms with Crippen LogP contribution in [-0.2, 0) is 0 Å². The van der Waals surface area contributed by atoms with Crippen molar-refractivity contribution in [2.24, 2.45) is 5.92 Å². The Morgan fingerprint density at radius 2 is 1.81 bits per heavy atom. The van der Waals surface area contributed by atoms with Crippen LogP contribution in [0.5, 0.6) is 0 Å². The first-order valence-corrected chi connectivity index (χ1v) is 5.91. The Morgan fingerprint density at radius 3 is 2.31 bits per heavy atom. The summed E-state index contributed by atoms with van der Waals surface area (Å²) in [5, 5.41) is 9.97. The number of halogens is 2. The van der Waals surface area contributed by atoms with Gasteiger partial charge in [-0.1, -0.05) is 23.2 Å². The maximum absolute atomic E-state index is 8.83. The van der Waals surface area contributed by atoms with Gasteiger partial charge in [0.2, 0.25) is 0 Å². The highest BCUT2D eigenvalue weighted by Gasteiger charge is 2.22. The van der Waals surface area contributed by atoms with Gasteiger partial charge in [0, 0.05) is 31.4 Å². The molecule has 0 saturated carbocycles. The molecule has 1 aliphatic rings. The minimum absolute atomic E-state index is 0.163. The van der Waals surface area contributed by atoms with Crippen LogP contribution < -0.4 is 4.90 Å². The molecule has 0 atom stereocenters. The van der Waals surface area contributed by atoms with Gasteiger partial charge >= 0.3 is 0 Å². The van der Waals surface area contributed by atoms with Crippen LogP contribution in [0, 0.1) is 17.2 Å². The van der Waals surface area contributed by atoms with E-state index in [2.05, 4.69) is 16.0 Å². The van der Waals surface area contributed by atoms with Gasteiger partial charge in [-0.25, -0.2) is 0 Å². The highest BCUT2D eigenvalue weighted by atomic mass is 35.5. The fourth-order valence-electron chi connectivity index (χ4n) is 1.94. The van der Waals surface area contributed by atoms with Crippen molar-refractivity contribution in [3.8, 4) is 6.07 Å². The molecule has 1 aliphatic heterocycles. The maximum atomic E-state index is 8.83. The smallest absolute Gasteiger partial charge is 0.0838 e. The Balaban J connectivity index is 2.18. The molecular weight excluding hydrogens is 245 g/mol. The third kappa shape index (κ3) is 2.23. The van der Waals surface area contributed by atoms with Gasteiger partial charge < -0.3 is 4.90 Å². The first kappa shape index (κ1) is 11.5. The van der Waals surface area contributed by atoms with Gasteiger partial charge in [-0.3, -0.25) is 4.98 Å². The van der Waals surface area contributed by atoms with E-state index in [0.29, 0.717) is 10.0 Å². The predicted molar refractivity (Wildman–Crippen MR) is 64.8 cm³/mol. The summed E-state index contributed by atoms with van der Waals surface area (Å²) >= 11 is 12.2. The quantitative estimate of drug-likeness (QED) is 0.774. The minimum Gasteiger partial charge on any atom is -0.369 e. The van der Waals surface area contributed by atoms with E-state index >= 15 is 0 Å². The average molecular weight is 256 g/mol. The molecule has 0 unspecified atom stereocenters. The van der Waals surface area contributed by atoms with E-state index in [0.717, 1.165) is 31.6 Å². The van der Waals surface area contributed by atoms with Crippen LogP contribution in [0.1, 0.15) is 12.8 Å². The van der Waals surface area contributed by atoms with Crippen LogP contribution in [0.25, 0.3) is 0 Å². The van der Waals surface area contributed by atoms with Crippen molar-refractivity contribution in [3.05, 3.63) is 22.4 Å². The zero-order valence-corrected chi connectivity index (χ0v) is 10.2. The fourth-order valence-corrected chi connectivity index (χ4v) is 2.54. The molecule has 1 aromatic heterocycles. The summed E-state index contributed by atoms with van der Waals surface area (Å²) in [6, 6.07) is 2.30. The number of piperidine rings is 1. The van der Waals surface area contributed by atoms with Crippen LogP contribution in [-0.4, -0.2) is 18.1 Å². The molecule has 2 heterocycles. The van der Waals surface area contributed by atoms with Crippen molar-refractivity contribution in [2.45, 2.75) is 12.8 Å². The van der Waals surface area contributed by atoms with Crippen molar-refractivity contribution in [1.82, 2.24) is 4.98 Å². The standard InChI is InChI=1S/C11H11Cl2N3/c12-9-6-15-7-10(13)11(9)16-3-1-8(5-14)2-4-16/h6-8H,1-4H2. The Hall–Kier alpha value is -0.980. The Morgan fingerprint density at radius 1 is 1.25 bits per heavy atom. The summed E-state index contributed by atoms with van der Waals surface area (Å²) in [5.74, 6) is 0.163. The van der Waals surface area contributed by atoms with Gasteiger partial charge in [0.05, 0.1) is 21.8 Å². The van der Waals surface area contributed by atoms with Crippen molar-refractivity contribution in [2.75, 3.05) is 18.0 Å². The highest BCUT2D eigenvalue weighted by molar-refractivity contribution is 6.38. The second kappa shape index (κ2) is 4.90. The number of hydrogen-bond donors (Lipinski definition) is 0. The van der Waals surface area contributed by atoms with E-state index < -0.39 is 0 Å². The van der Waals surface area contributed by atoms with E-state index in [4.69, 9.17) is 28.5 Å². The monoisotopic (exact) mass is 255 g/mol. The maximum Gasteiger partial charge on any atom is 0.0838 e. The molecular formula is C11H11Cl2N3. The van der Waals surface area contributed by atoms with Crippen LogP contribution in [0.2, 0.25) is 10.0 Å². The van der Waals surface area contributed by atoms with Gasteiger partial charge in [-0.05, 0) is 12.8 Å². The lowest BCUT2D eigenvalue weighted by atomic mass is 9.98. The van der Waals surface area contributed by atoms with Gasteiger partial charge in [0.1, 0.15) is 0 Å². The highest BCUT2D eigenvalue weighted by Crippen LogP contribution is 2.34. The Labute approximate surface area is 105 Å². The predicted octanol–water partition coefficient (Wildman–Crippen LogP) is 3.13. The zero-order chi connectivity index (χ0) is 11.5. The van der Waals surface area contributed by atoms with E-state index in [9.17, 15) is 0 Å². The van der Waals surface area contributed by atoms with E-state index in [1.54, 1.807) is 12.4 Å². The first-order valence-electron chi connectivity index (χ1n) is 5.16. The van der Waals surface area contributed by atoms with Crippen LogP contribution in [0.15, 0.2) is 12.4 Å². The number of rotatable bonds is 1. The first-order chi connectivity index (χ1) is 7.72. The summed E-state index contributed by atoms with van der Waals surface area (Å²) in [4.78, 5) is 6.05. The summed E-state index contributed by atoms with van der Waals surface area (Å²) in [5.41, 5.74) is 0.842. The molecule has 1 fully saturated rings. The molecule has 5 heteroatoms. The van der Waals surface area contributed by atoms with Crippen LogP contribution in [0.3, 0.4) is 0 Å². The van der Waals surface area contributed by atoms with Crippen molar-refractivity contribution in [3.63, 3.8) is 0 Å². The Bertz CT molecular complexity index is 399. The second-order valence-electron chi connectivity index (χ2n) is 3.84. The molecule has 84 valence electrons. The van der Waals surface area contributed by atoms with E-state index in [1.807, 2.05) is 0 Å². The minimum atomic E-state index is 0.163. The number of hydrogen-bond acceptors (Lipinski definition) is 3. The van der Waals surface area contributed by atoms with Gasteiger partial charge in [-0.15, -0.1) is 0 Å². The fraction of sp³-hybridized carbons (Fsp3) is 0.455. The molecule has 3 nitrogen and oxygen atoms in total. The summed E-state index contributed by atoms with van der Waals surface area (Å²) < 4.78 is 0. The third-order valence-corrected chi connectivity index (χ3v) is 3.38. The topological polar surface area (TPSA) is 39.9 Å². The van der Waals surface area contributed by atoms with Gasteiger partial charge in [0.15, 0.2) is 0 Å². The lowest BCUT2D eigenvalue weighted by Gasteiger charge is -2.32. The van der Waals surface area contributed by atoms with Crippen molar-refractivity contribution < 1.29 is 0 Å². The number of nitrogens with zero attached hydrogens (tertiary/aromatic N) is 3.